The lowest BCUT2D eigenvalue weighted by Gasteiger charge is -2.46. The van der Waals surface area contributed by atoms with Gasteiger partial charge in [0, 0.05) is 75.3 Å². The number of phenols is 1. The van der Waals surface area contributed by atoms with Crippen molar-refractivity contribution in [1.82, 2.24) is 5.32 Å². The first-order valence-corrected chi connectivity index (χ1v) is 14.0. The van der Waals surface area contributed by atoms with Crippen molar-refractivity contribution in [2.75, 3.05) is 43.3 Å². The first-order valence-electron chi connectivity index (χ1n) is 14.0. The van der Waals surface area contributed by atoms with Gasteiger partial charge in [-0.2, -0.15) is 0 Å². The van der Waals surface area contributed by atoms with Crippen molar-refractivity contribution in [2.45, 2.75) is 31.4 Å². The number of urea groups is 1. The number of aliphatic hydroxyl groups excluding tert-OH is 2. The van der Waals surface area contributed by atoms with E-state index in [0.717, 1.165) is 5.69 Å². The Bertz CT molecular complexity index is 1660. The average Bonchev–Trinajstić information content (AvgIpc) is 2.94. The zero-order valence-electron chi connectivity index (χ0n) is 24.8. The number of ketones is 2. The smallest absolute Gasteiger partial charge is 0.319 e. The number of benzene rings is 2. The Balaban J connectivity index is 1.50. The average molecular weight is 606 g/mol. The lowest BCUT2D eigenvalue weighted by atomic mass is 9.59. The molecule has 0 radical (unpaired) electrons. The quantitative estimate of drug-likeness (QED) is 0.238. The number of hydrogen-bond donors (Lipinski definition) is 7. The van der Waals surface area contributed by atoms with Crippen molar-refractivity contribution in [3.63, 3.8) is 0 Å². The topological polar surface area (TPSA) is 206 Å². The van der Waals surface area contributed by atoms with E-state index < -0.39 is 58.0 Å². The van der Waals surface area contributed by atoms with Crippen LogP contribution < -0.4 is 26.2 Å². The van der Waals surface area contributed by atoms with Crippen LogP contribution in [0.25, 0.3) is 5.76 Å². The van der Waals surface area contributed by atoms with Crippen LogP contribution in [0.4, 0.5) is 21.9 Å². The van der Waals surface area contributed by atoms with E-state index in [0.29, 0.717) is 16.9 Å². The van der Waals surface area contributed by atoms with Crippen LogP contribution in [-0.4, -0.2) is 77.7 Å². The van der Waals surface area contributed by atoms with Gasteiger partial charge in [0.2, 0.25) is 5.78 Å². The van der Waals surface area contributed by atoms with Gasteiger partial charge in [0.25, 0.3) is 5.91 Å². The van der Waals surface area contributed by atoms with Gasteiger partial charge in [0.05, 0.1) is 5.56 Å². The molecule has 1 fully saturated rings. The number of carbonyl (C=O) groups excluding carboxylic acids is 4. The fourth-order valence-corrected chi connectivity index (χ4v) is 6.45. The molecular weight excluding hydrogens is 570 g/mol. The second kappa shape index (κ2) is 10.9. The van der Waals surface area contributed by atoms with Crippen molar-refractivity contribution in [3.8, 4) is 5.75 Å². The van der Waals surface area contributed by atoms with Crippen LogP contribution in [0.15, 0.2) is 47.2 Å². The van der Waals surface area contributed by atoms with Gasteiger partial charge in [-0.3, -0.25) is 14.4 Å². The number of Topliss-reactive ketones (excluding diaryl/α,β-unsaturated/α-hetero) is 2. The van der Waals surface area contributed by atoms with Crippen molar-refractivity contribution in [2.24, 2.45) is 17.6 Å². The molecule has 0 saturated heterocycles. The number of hydrogen-bond acceptors (Lipinski definition) is 10. The van der Waals surface area contributed by atoms with Crippen LogP contribution in [0.2, 0.25) is 0 Å². The van der Waals surface area contributed by atoms with E-state index in [1.54, 1.807) is 37.2 Å². The summed E-state index contributed by atoms with van der Waals surface area (Å²) in [5.41, 5.74) is 4.40. The Morgan fingerprint density at radius 2 is 1.68 bits per heavy atom. The number of primary amides is 1. The van der Waals surface area contributed by atoms with Crippen molar-refractivity contribution in [1.29, 1.82) is 0 Å². The third-order valence-corrected chi connectivity index (χ3v) is 8.68. The fraction of sp³-hybridized carbons (Fsp3) is 0.355. The van der Waals surface area contributed by atoms with Crippen molar-refractivity contribution < 1.29 is 39.6 Å². The minimum Gasteiger partial charge on any atom is -0.508 e. The molecule has 0 spiro atoms. The molecule has 3 aliphatic rings. The standard InChI is InChI=1S/C31H35N5O8/c1-35(2)18-7-5-17(6-8-18)34-30(43)33-13-15-11-20(36(3)4)19-10-14-9-16-12-21(37)24(29(32)42)28(41)31(16,44)27(40)22(14)26(39)23(19)25(15)38/h5-8,11,14,16,38-39,41,44H,9-10,12-13H2,1-4H3,(H2,32,42)(H2,33,34,43)/t14-,16+,31+/m1/s1. The zero-order chi connectivity index (χ0) is 32.2. The molecule has 13 nitrogen and oxygen atoms in total. The van der Waals surface area contributed by atoms with Gasteiger partial charge in [0.15, 0.2) is 11.4 Å². The number of nitrogens with zero attached hydrogens (tertiary/aromatic N) is 2. The number of aliphatic hydroxyl groups is 3. The SMILES string of the molecule is CN(C)c1ccc(NC(=O)NCc2cc(N(C)C)c3c(c2O)C(O)=C2C(=O)[C@]4(O)C(O)=C(C(N)=O)C(=O)C[C@@H]4C[C@@H]2C3)cc1. The van der Waals surface area contributed by atoms with Gasteiger partial charge in [-0.1, -0.05) is 0 Å². The van der Waals surface area contributed by atoms with E-state index in [4.69, 9.17) is 5.73 Å². The number of nitrogens with one attached hydrogen (secondary N) is 2. The van der Waals surface area contributed by atoms with Gasteiger partial charge in [-0.25, -0.2) is 4.79 Å². The summed E-state index contributed by atoms with van der Waals surface area (Å²) >= 11 is 0. The second-order valence-corrected chi connectivity index (χ2v) is 11.8. The molecule has 2 aromatic carbocycles. The summed E-state index contributed by atoms with van der Waals surface area (Å²) < 4.78 is 0. The number of rotatable bonds is 6. The van der Waals surface area contributed by atoms with Crippen LogP contribution >= 0.6 is 0 Å². The molecule has 2 aromatic rings. The molecule has 1 saturated carbocycles. The Morgan fingerprint density at radius 1 is 1.02 bits per heavy atom. The summed E-state index contributed by atoms with van der Waals surface area (Å²) in [7, 11) is 7.33. The summed E-state index contributed by atoms with van der Waals surface area (Å²) in [5, 5.41) is 50.5. The Morgan fingerprint density at radius 3 is 2.27 bits per heavy atom. The molecule has 44 heavy (non-hydrogen) atoms. The van der Waals surface area contributed by atoms with Crippen LogP contribution in [0.5, 0.6) is 5.75 Å². The molecule has 0 bridgehead atoms. The minimum atomic E-state index is -2.64. The molecule has 13 heteroatoms. The first-order chi connectivity index (χ1) is 20.7. The number of carbonyl (C=O) groups is 4. The molecule has 8 N–H and O–H groups in total. The summed E-state index contributed by atoms with van der Waals surface area (Å²) in [4.78, 5) is 54.6. The van der Waals surface area contributed by atoms with Crippen molar-refractivity contribution >= 4 is 46.3 Å². The van der Waals surface area contributed by atoms with E-state index in [1.165, 1.54) is 0 Å². The fourth-order valence-electron chi connectivity index (χ4n) is 6.45. The van der Waals surface area contributed by atoms with Crippen LogP contribution in [0.1, 0.15) is 29.5 Å². The summed E-state index contributed by atoms with van der Waals surface area (Å²) in [6, 6.07) is 8.33. The predicted octanol–water partition coefficient (Wildman–Crippen LogP) is 1.88. The number of nitrogens with two attached hydrogens (primary N) is 1. The molecule has 0 aliphatic heterocycles. The minimum absolute atomic E-state index is 0.0372. The largest absolute Gasteiger partial charge is 0.508 e. The second-order valence-electron chi connectivity index (χ2n) is 11.8. The lowest BCUT2D eigenvalue weighted by Crippen LogP contribution is -2.58. The number of amides is 3. The van der Waals surface area contributed by atoms with E-state index in [2.05, 4.69) is 10.6 Å². The summed E-state index contributed by atoms with van der Waals surface area (Å²) in [5.74, 6) is -6.91. The monoisotopic (exact) mass is 605 g/mol. The molecule has 0 unspecified atom stereocenters. The molecular formula is C31H35N5O8. The molecule has 5 rings (SSSR count). The highest BCUT2D eigenvalue weighted by Gasteiger charge is 2.60. The molecule has 0 heterocycles. The van der Waals surface area contributed by atoms with Crippen LogP contribution in [-0.2, 0) is 27.3 Å². The number of phenolic OH excluding ortho intramolecular Hbond substituents is 1. The van der Waals surface area contributed by atoms with Crippen LogP contribution in [0.3, 0.4) is 0 Å². The normalized spacial score (nSPS) is 22.6. The third-order valence-electron chi connectivity index (χ3n) is 8.68. The maximum Gasteiger partial charge on any atom is 0.319 e. The Labute approximate surface area is 253 Å². The number of fused-ring (bicyclic) bond motifs is 3. The van der Waals surface area contributed by atoms with Gasteiger partial charge in [0.1, 0.15) is 22.8 Å². The third kappa shape index (κ3) is 4.78. The highest BCUT2D eigenvalue weighted by molar-refractivity contribution is 6.22. The summed E-state index contributed by atoms with van der Waals surface area (Å²) in [6.07, 6.45) is -0.178. The van der Waals surface area contributed by atoms with Gasteiger partial charge in [-0.15, -0.1) is 0 Å². The zero-order valence-corrected chi connectivity index (χ0v) is 24.8. The molecule has 0 aromatic heterocycles. The molecule has 3 amide bonds. The van der Waals surface area contributed by atoms with Gasteiger partial charge in [-0.05, 0) is 54.7 Å². The van der Waals surface area contributed by atoms with E-state index >= 15 is 0 Å². The predicted molar refractivity (Wildman–Crippen MR) is 162 cm³/mol. The Hall–Kier alpha value is -5.04. The Kier molecular flexibility index (Phi) is 7.54. The van der Waals surface area contributed by atoms with Gasteiger partial charge < -0.3 is 46.6 Å². The summed E-state index contributed by atoms with van der Waals surface area (Å²) in [6.45, 7) is -0.138. The van der Waals surface area contributed by atoms with E-state index in [9.17, 15) is 39.6 Å². The number of aromatic hydroxyl groups is 1. The number of anilines is 3. The van der Waals surface area contributed by atoms with Gasteiger partial charge >= 0.3 is 6.03 Å². The molecule has 232 valence electrons. The maximum absolute atomic E-state index is 13.8. The molecule has 3 aliphatic carbocycles. The van der Waals surface area contributed by atoms with Crippen LogP contribution in [0, 0.1) is 11.8 Å². The highest BCUT2D eigenvalue weighted by Crippen LogP contribution is 2.53. The highest BCUT2D eigenvalue weighted by atomic mass is 16.3. The first kappa shape index (κ1) is 30.4. The lowest BCUT2D eigenvalue weighted by molar-refractivity contribution is -0.147. The maximum atomic E-state index is 13.8. The van der Waals surface area contributed by atoms with E-state index in [-0.39, 0.29) is 48.3 Å². The molecule has 3 atom stereocenters. The van der Waals surface area contributed by atoms with Crippen molar-refractivity contribution in [3.05, 3.63) is 63.9 Å². The van der Waals surface area contributed by atoms with E-state index in [1.807, 2.05) is 31.1 Å².